The molecule has 2 nitrogen and oxygen atoms in total. The minimum absolute atomic E-state index is 1.04. The average molecular weight is 330 g/mol. The molecule has 0 N–H and O–H groups in total. The summed E-state index contributed by atoms with van der Waals surface area (Å²) in [7, 11) is 0. The summed E-state index contributed by atoms with van der Waals surface area (Å²) >= 11 is 0. The van der Waals surface area contributed by atoms with Crippen LogP contribution in [0.3, 0.4) is 0 Å². The molecule has 1 saturated heterocycles. The van der Waals surface area contributed by atoms with Crippen LogP contribution in [-0.4, -0.2) is 31.1 Å². The monoisotopic (exact) mass is 330 g/mol. The van der Waals surface area contributed by atoms with Crippen molar-refractivity contribution in [3.8, 4) is 0 Å². The Morgan fingerprint density at radius 2 is 1.56 bits per heavy atom. The first kappa shape index (κ1) is 16.2. The zero-order chi connectivity index (χ0) is 17.2. The Hall–Kier alpha value is -2.32. The van der Waals surface area contributed by atoms with Crippen LogP contribution in [0.1, 0.15) is 16.7 Å². The summed E-state index contributed by atoms with van der Waals surface area (Å²) < 4.78 is 0. The van der Waals surface area contributed by atoms with Gasteiger partial charge >= 0.3 is 0 Å². The summed E-state index contributed by atoms with van der Waals surface area (Å²) in [5, 5.41) is 2.73. The molecule has 0 unspecified atom stereocenters. The van der Waals surface area contributed by atoms with E-state index in [9.17, 15) is 0 Å². The smallest absolute Gasteiger partial charge is 0.0399 e. The highest BCUT2D eigenvalue weighted by molar-refractivity contribution is 5.85. The highest BCUT2D eigenvalue weighted by Gasteiger charge is 2.19. The molecule has 2 heteroatoms. The molecule has 1 fully saturated rings. The highest BCUT2D eigenvalue weighted by atomic mass is 15.3. The van der Waals surface area contributed by atoms with E-state index in [2.05, 4.69) is 84.3 Å². The van der Waals surface area contributed by atoms with Crippen molar-refractivity contribution in [2.75, 3.05) is 31.1 Å². The van der Waals surface area contributed by atoms with Crippen molar-refractivity contribution in [1.82, 2.24) is 4.90 Å². The minimum atomic E-state index is 1.04. The Morgan fingerprint density at radius 3 is 2.40 bits per heavy atom. The first-order valence-electron chi connectivity index (χ1n) is 9.22. The first-order valence-corrected chi connectivity index (χ1v) is 9.22. The molecule has 0 saturated carbocycles. The van der Waals surface area contributed by atoms with Gasteiger partial charge in [0.1, 0.15) is 0 Å². The Labute approximate surface area is 150 Å². The van der Waals surface area contributed by atoms with Crippen molar-refractivity contribution < 1.29 is 0 Å². The molecule has 0 amide bonds. The molecule has 1 heterocycles. The molecule has 0 bridgehead atoms. The van der Waals surface area contributed by atoms with Gasteiger partial charge in [-0.05, 0) is 47.4 Å². The topological polar surface area (TPSA) is 6.48 Å². The molecule has 3 aromatic rings. The molecule has 3 aromatic carbocycles. The molecule has 1 aliphatic heterocycles. The number of anilines is 1. The second-order valence-electron chi connectivity index (χ2n) is 7.19. The van der Waals surface area contributed by atoms with E-state index in [1.54, 1.807) is 0 Å². The summed E-state index contributed by atoms with van der Waals surface area (Å²) in [5.41, 5.74) is 5.58. The lowest BCUT2D eigenvalue weighted by Crippen LogP contribution is -2.46. The number of aryl methyl sites for hydroxylation is 2. The summed E-state index contributed by atoms with van der Waals surface area (Å²) in [4.78, 5) is 5.13. The molecule has 0 radical (unpaired) electrons. The fraction of sp³-hybridized carbons (Fsp3) is 0.304. The van der Waals surface area contributed by atoms with Crippen LogP contribution in [-0.2, 0) is 6.54 Å². The minimum Gasteiger partial charge on any atom is -0.369 e. The normalized spacial score (nSPS) is 15.7. The van der Waals surface area contributed by atoms with Crippen molar-refractivity contribution in [2.45, 2.75) is 20.4 Å². The Bertz CT molecular complexity index is 871. The number of rotatable bonds is 3. The maximum absolute atomic E-state index is 2.59. The van der Waals surface area contributed by atoms with Crippen molar-refractivity contribution in [2.24, 2.45) is 0 Å². The van der Waals surface area contributed by atoms with E-state index in [0.29, 0.717) is 0 Å². The summed E-state index contributed by atoms with van der Waals surface area (Å²) in [6.07, 6.45) is 0. The summed E-state index contributed by atoms with van der Waals surface area (Å²) in [5.74, 6) is 0. The summed E-state index contributed by atoms with van der Waals surface area (Å²) in [6.45, 7) is 9.90. The van der Waals surface area contributed by atoms with Gasteiger partial charge in [0.05, 0.1) is 0 Å². The van der Waals surface area contributed by atoms with Crippen LogP contribution in [0.25, 0.3) is 10.8 Å². The van der Waals surface area contributed by atoms with E-state index in [4.69, 9.17) is 0 Å². The average Bonchev–Trinajstić information content (AvgIpc) is 2.65. The van der Waals surface area contributed by atoms with Crippen molar-refractivity contribution in [3.63, 3.8) is 0 Å². The third-order valence-corrected chi connectivity index (χ3v) is 5.35. The lowest BCUT2D eigenvalue weighted by molar-refractivity contribution is 0.250. The third kappa shape index (κ3) is 3.40. The molecule has 128 valence electrons. The largest absolute Gasteiger partial charge is 0.369 e. The van der Waals surface area contributed by atoms with E-state index in [-0.39, 0.29) is 0 Å². The molecule has 0 atom stereocenters. The molecular formula is C23H26N2. The molecule has 0 spiro atoms. The Morgan fingerprint density at radius 1 is 0.800 bits per heavy atom. The van der Waals surface area contributed by atoms with Crippen LogP contribution >= 0.6 is 0 Å². The number of fused-ring (bicyclic) bond motifs is 1. The molecule has 0 aromatic heterocycles. The van der Waals surface area contributed by atoms with Crippen LogP contribution in [0.2, 0.25) is 0 Å². The zero-order valence-electron chi connectivity index (χ0n) is 15.2. The second kappa shape index (κ2) is 6.89. The number of benzene rings is 3. The van der Waals surface area contributed by atoms with Gasteiger partial charge < -0.3 is 4.90 Å². The predicted octanol–water partition coefficient (Wildman–Crippen LogP) is 4.78. The van der Waals surface area contributed by atoms with Gasteiger partial charge in [0.15, 0.2) is 0 Å². The maximum atomic E-state index is 2.59. The van der Waals surface area contributed by atoms with Crippen LogP contribution in [0.15, 0.2) is 60.7 Å². The van der Waals surface area contributed by atoms with Crippen molar-refractivity contribution >= 4 is 16.5 Å². The van der Waals surface area contributed by atoms with Crippen LogP contribution < -0.4 is 4.90 Å². The Kier molecular flexibility index (Phi) is 4.46. The standard InChI is InChI=1S/C23H26N2/c1-18-10-11-19(2)23(16-18)25-14-12-24(13-15-25)17-21-8-5-7-20-6-3-4-9-22(20)21/h3-11,16H,12-15,17H2,1-2H3. The van der Waals surface area contributed by atoms with Gasteiger partial charge in [0, 0.05) is 38.4 Å². The fourth-order valence-corrected chi connectivity index (χ4v) is 3.88. The van der Waals surface area contributed by atoms with Gasteiger partial charge in [0.2, 0.25) is 0 Å². The fourth-order valence-electron chi connectivity index (χ4n) is 3.88. The SMILES string of the molecule is Cc1ccc(C)c(N2CCN(Cc3cccc4ccccc34)CC2)c1. The highest BCUT2D eigenvalue weighted by Crippen LogP contribution is 2.24. The van der Waals surface area contributed by atoms with Gasteiger partial charge in [-0.1, -0.05) is 54.6 Å². The zero-order valence-corrected chi connectivity index (χ0v) is 15.2. The summed E-state index contributed by atoms with van der Waals surface area (Å²) in [6, 6.07) is 22.2. The van der Waals surface area contributed by atoms with Gasteiger partial charge in [-0.2, -0.15) is 0 Å². The lowest BCUT2D eigenvalue weighted by atomic mass is 10.0. The number of piperazine rings is 1. The van der Waals surface area contributed by atoms with E-state index < -0.39 is 0 Å². The molecule has 4 rings (SSSR count). The van der Waals surface area contributed by atoms with E-state index >= 15 is 0 Å². The van der Waals surface area contributed by atoms with Gasteiger partial charge in [-0.15, -0.1) is 0 Å². The molecule has 25 heavy (non-hydrogen) atoms. The van der Waals surface area contributed by atoms with Gasteiger partial charge in [0.25, 0.3) is 0 Å². The number of nitrogens with zero attached hydrogens (tertiary/aromatic N) is 2. The van der Waals surface area contributed by atoms with Gasteiger partial charge in [-0.3, -0.25) is 4.90 Å². The van der Waals surface area contributed by atoms with Crippen molar-refractivity contribution in [3.05, 3.63) is 77.4 Å². The second-order valence-corrected chi connectivity index (χ2v) is 7.19. The third-order valence-electron chi connectivity index (χ3n) is 5.35. The van der Waals surface area contributed by atoms with Crippen LogP contribution in [0.5, 0.6) is 0 Å². The van der Waals surface area contributed by atoms with Crippen LogP contribution in [0.4, 0.5) is 5.69 Å². The van der Waals surface area contributed by atoms with E-state index in [1.807, 2.05) is 0 Å². The Balaban J connectivity index is 1.46. The lowest BCUT2D eigenvalue weighted by Gasteiger charge is -2.37. The number of hydrogen-bond donors (Lipinski definition) is 0. The first-order chi connectivity index (χ1) is 12.2. The van der Waals surface area contributed by atoms with Gasteiger partial charge in [-0.25, -0.2) is 0 Å². The maximum Gasteiger partial charge on any atom is 0.0399 e. The molecule has 0 aliphatic carbocycles. The van der Waals surface area contributed by atoms with E-state index in [0.717, 1.165) is 32.7 Å². The number of hydrogen-bond acceptors (Lipinski definition) is 2. The molecular weight excluding hydrogens is 304 g/mol. The van der Waals surface area contributed by atoms with Crippen LogP contribution in [0, 0.1) is 13.8 Å². The van der Waals surface area contributed by atoms with E-state index in [1.165, 1.54) is 33.2 Å². The molecule has 1 aliphatic rings. The predicted molar refractivity (Wildman–Crippen MR) is 107 cm³/mol. The quantitative estimate of drug-likeness (QED) is 0.682. The van der Waals surface area contributed by atoms with Crippen molar-refractivity contribution in [1.29, 1.82) is 0 Å².